The van der Waals surface area contributed by atoms with Gasteiger partial charge in [-0.3, -0.25) is 4.39 Å². The average molecular weight is 323 g/mol. The van der Waals surface area contributed by atoms with Crippen molar-refractivity contribution in [1.82, 2.24) is 9.97 Å². The van der Waals surface area contributed by atoms with Crippen LogP contribution in [0.3, 0.4) is 0 Å². The van der Waals surface area contributed by atoms with E-state index in [4.69, 9.17) is 16.3 Å². The summed E-state index contributed by atoms with van der Waals surface area (Å²) in [5.74, 6) is 0.755. The van der Waals surface area contributed by atoms with Crippen molar-refractivity contribution >= 4 is 33.0 Å². The summed E-state index contributed by atoms with van der Waals surface area (Å²) in [5, 5.41) is 1.35. The predicted molar refractivity (Wildman–Crippen MR) is 83.9 cm³/mol. The van der Waals surface area contributed by atoms with Crippen molar-refractivity contribution in [3.63, 3.8) is 0 Å². The van der Waals surface area contributed by atoms with Crippen molar-refractivity contribution < 1.29 is 9.13 Å². The number of hydrogen-bond acceptors (Lipinski definition) is 4. The van der Waals surface area contributed by atoms with Crippen LogP contribution in [0.25, 0.3) is 20.7 Å². The molecular weight excluding hydrogens is 311 g/mol. The monoisotopic (exact) mass is 322 g/mol. The molecule has 2 aromatic heterocycles. The first kappa shape index (κ1) is 14.2. The maximum Gasteiger partial charge on any atom is 0.222 e. The highest BCUT2D eigenvalue weighted by Gasteiger charge is 2.07. The van der Waals surface area contributed by atoms with E-state index in [2.05, 4.69) is 16.0 Å². The normalized spacial score (nSPS) is 11.0. The van der Waals surface area contributed by atoms with E-state index in [-0.39, 0.29) is 12.0 Å². The van der Waals surface area contributed by atoms with Gasteiger partial charge in [-0.15, -0.1) is 11.3 Å². The zero-order valence-electron chi connectivity index (χ0n) is 11.1. The van der Waals surface area contributed by atoms with Crippen LogP contribution in [0, 0.1) is 0 Å². The van der Waals surface area contributed by atoms with Gasteiger partial charge in [-0.05, 0) is 47.3 Å². The van der Waals surface area contributed by atoms with Crippen LogP contribution in [0.1, 0.15) is 6.42 Å². The summed E-state index contributed by atoms with van der Waals surface area (Å²) in [6.07, 6.45) is 2.05. The smallest absolute Gasteiger partial charge is 0.222 e. The molecule has 0 bridgehead atoms. The van der Waals surface area contributed by atoms with Crippen molar-refractivity contribution in [3.8, 4) is 16.3 Å². The van der Waals surface area contributed by atoms with Crippen LogP contribution in [0.2, 0.25) is 5.28 Å². The van der Waals surface area contributed by atoms with Crippen LogP contribution in [0.15, 0.2) is 36.5 Å². The third-order valence-corrected chi connectivity index (χ3v) is 4.22. The number of ether oxygens (including phenoxy) is 1. The number of rotatable bonds is 5. The third-order valence-electron chi connectivity index (χ3n) is 2.92. The highest BCUT2D eigenvalue weighted by Crippen LogP contribution is 2.34. The molecule has 0 aliphatic rings. The molecule has 108 valence electrons. The number of hydrogen-bond donors (Lipinski definition) is 0. The van der Waals surface area contributed by atoms with Crippen LogP contribution >= 0.6 is 22.9 Å². The largest absolute Gasteiger partial charge is 0.493 e. The van der Waals surface area contributed by atoms with Crippen LogP contribution in [-0.4, -0.2) is 23.2 Å². The van der Waals surface area contributed by atoms with E-state index in [9.17, 15) is 4.39 Å². The Morgan fingerprint density at radius 3 is 2.95 bits per heavy atom. The minimum atomic E-state index is -0.361. The van der Waals surface area contributed by atoms with Gasteiger partial charge in [0, 0.05) is 17.3 Å². The highest BCUT2D eigenvalue weighted by atomic mass is 35.5. The molecule has 6 heteroatoms. The molecule has 3 aromatic rings. The standard InChI is InChI=1S/C15H12ClFN2OS/c16-15-18-6-4-12(19-15)14-8-10-2-3-11(9-13(10)21-14)20-7-1-5-17/h2-4,6,8-9H,1,5,7H2. The lowest BCUT2D eigenvalue weighted by Gasteiger charge is -2.03. The van der Waals surface area contributed by atoms with Crippen molar-refractivity contribution in [2.75, 3.05) is 13.3 Å². The lowest BCUT2D eigenvalue weighted by Crippen LogP contribution is -1.97. The molecule has 0 radical (unpaired) electrons. The Bertz CT molecular complexity index is 762. The summed E-state index contributed by atoms with van der Waals surface area (Å²) in [6, 6.07) is 9.73. The third kappa shape index (κ3) is 3.31. The highest BCUT2D eigenvalue weighted by molar-refractivity contribution is 7.22. The van der Waals surface area contributed by atoms with Crippen molar-refractivity contribution in [2.45, 2.75) is 6.42 Å². The summed E-state index contributed by atoms with van der Waals surface area (Å²) < 4.78 is 18.7. The average Bonchev–Trinajstić information content (AvgIpc) is 2.91. The maximum absolute atomic E-state index is 12.1. The molecule has 0 aliphatic heterocycles. The molecule has 0 saturated heterocycles. The molecule has 21 heavy (non-hydrogen) atoms. The molecule has 0 amide bonds. The first-order valence-electron chi connectivity index (χ1n) is 6.47. The molecule has 3 rings (SSSR count). The summed E-state index contributed by atoms with van der Waals surface area (Å²) >= 11 is 7.43. The summed E-state index contributed by atoms with van der Waals surface area (Å²) in [5.41, 5.74) is 0.802. The van der Waals surface area contributed by atoms with Crippen LogP contribution in [0.5, 0.6) is 5.75 Å². The van der Waals surface area contributed by atoms with Gasteiger partial charge in [-0.2, -0.15) is 0 Å². The van der Waals surface area contributed by atoms with E-state index < -0.39 is 0 Å². The predicted octanol–water partition coefficient (Wildman–Crippen LogP) is 4.75. The lowest BCUT2D eigenvalue weighted by atomic mass is 10.2. The zero-order chi connectivity index (χ0) is 14.7. The van der Waals surface area contributed by atoms with Crippen molar-refractivity contribution in [2.24, 2.45) is 0 Å². The minimum absolute atomic E-state index is 0.236. The molecule has 2 heterocycles. The quantitative estimate of drug-likeness (QED) is 0.502. The molecule has 0 atom stereocenters. The van der Waals surface area contributed by atoms with Crippen molar-refractivity contribution in [3.05, 3.63) is 41.8 Å². The van der Waals surface area contributed by atoms with E-state index in [1.807, 2.05) is 24.3 Å². The number of nitrogens with zero attached hydrogens (tertiary/aromatic N) is 2. The molecule has 0 fully saturated rings. The molecule has 1 aromatic carbocycles. The number of halogens is 2. The SMILES string of the molecule is FCCCOc1ccc2cc(-c3ccnc(Cl)n3)sc2c1. The fraction of sp³-hybridized carbons (Fsp3) is 0.200. The summed E-state index contributed by atoms with van der Waals surface area (Å²) in [6.45, 7) is 0.0294. The van der Waals surface area contributed by atoms with Gasteiger partial charge in [-0.25, -0.2) is 9.97 Å². The van der Waals surface area contributed by atoms with Gasteiger partial charge in [0.25, 0.3) is 0 Å². The zero-order valence-corrected chi connectivity index (χ0v) is 12.6. The second kappa shape index (κ2) is 6.37. The van der Waals surface area contributed by atoms with Gasteiger partial charge in [0.2, 0.25) is 5.28 Å². The number of aromatic nitrogens is 2. The Hall–Kier alpha value is -1.72. The minimum Gasteiger partial charge on any atom is -0.493 e. The molecule has 0 N–H and O–H groups in total. The Labute approximate surface area is 130 Å². The Kier molecular flexibility index (Phi) is 4.31. The first-order valence-corrected chi connectivity index (χ1v) is 7.67. The Morgan fingerprint density at radius 2 is 2.14 bits per heavy atom. The second-order valence-corrected chi connectivity index (χ2v) is 5.83. The van der Waals surface area contributed by atoms with Crippen molar-refractivity contribution in [1.29, 1.82) is 0 Å². The number of benzene rings is 1. The van der Waals surface area contributed by atoms with Gasteiger partial charge < -0.3 is 4.74 Å². The fourth-order valence-corrected chi connectivity index (χ4v) is 3.15. The Balaban J connectivity index is 1.89. The molecule has 0 spiro atoms. The van der Waals surface area contributed by atoms with Gasteiger partial charge >= 0.3 is 0 Å². The molecular formula is C15H12ClFN2OS. The van der Waals surface area contributed by atoms with Crippen LogP contribution in [-0.2, 0) is 0 Å². The van der Waals surface area contributed by atoms with Gasteiger partial charge in [0.05, 0.1) is 23.9 Å². The van der Waals surface area contributed by atoms with Gasteiger partial charge in [0.1, 0.15) is 5.75 Å². The molecule has 0 saturated carbocycles. The lowest BCUT2D eigenvalue weighted by molar-refractivity contribution is 0.290. The topological polar surface area (TPSA) is 35.0 Å². The number of alkyl halides is 1. The van der Waals surface area contributed by atoms with Gasteiger partial charge in [-0.1, -0.05) is 0 Å². The Morgan fingerprint density at radius 1 is 1.24 bits per heavy atom. The number of fused-ring (bicyclic) bond motifs is 1. The van der Waals surface area contributed by atoms with E-state index in [1.165, 1.54) is 0 Å². The van der Waals surface area contributed by atoms with Gasteiger partial charge in [0.15, 0.2) is 0 Å². The van der Waals surface area contributed by atoms with Crippen LogP contribution < -0.4 is 4.74 Å². The van der Waals surface area contributed by atoms with E-state index in [0.29, 0.717) is 13.0 Å². The van der Waals surface area contributed by atoms with Crippen LogP contribution in [0.4, 0.5) is 4.39 Å². The first-order chi connectivity index (χ1) is 10.3. The van der Waals surface area contributed by atoms with E-state index in [1.54, 1.807) is 17.5 Å². The maximum atomic E-state index is 12.1. The summed E-state index contributed by atoms with van der Waals surface area (Å²) in [7, 11) is 0. The fourth-order valence-electron chi connectivity index (χ4n) is 1.94. The summed E-state index contributed by atoms with van der Waals surface area (Å²) in [4.78, 5) is 9.12. The van der Waals surface area contributed by atoms with E-state index >= 15 is 0 Å². The van der Waals surface area contributed by atoms with E-state index in [0.717, 1.165) is 26.4 Å². The molecule has 3 nitrogen and oxygen atoms in total. The molecule has 0 unspecified atom stereocenters. The number of thiophene rings is 1. The molecule has 0 aliphatic carbocycles. The second-order valence-electron chi connectivity index (χ2n) is 4.41.